The van der Waals surface area contributed by atoms with Gasteiger partial charge in [0.15, 0.2) is 0 Å². The van der Waals surface area contributed by atoms with Gasteiger partial charge in [-0.05, 0) is 20.3 Å². The number of Topliss-reactive ketones (excluding diaryl/α,β-unsaturated/α-hetero) is 1. The minimum Gasteiger partial charge on any atom is -0.466 e. The number of ether oxygens (including phenoxy) is 1. The molecule has 7 heteroatoms. The summed E-state index contributed by atoms with van der Waals surface area (Å²) < 4.78 is 4.67. The van der Waals surface area contributed by atoms with Gasteiger partial charge in [0.05, 0.1) is 13.0 Å². The first kappa shape index (κ1) is 17.1. The molecular formula is C12H20N2O5. The molecule has 0 bridgehead atoms. The van der Waals surface area contributed by atoms with Crippen LogP contribution in [-0.4, -0.2) is 36.2 Å². The van der Waals surface area contributed by atoms with Gasteiger partial charge < -0.3 is 20.6 Å². The molecule has 19 heavy (non-hydrogen) atoms. The maximum atomic E-state index is 11.5. The molecule has 2 amide bonds. The summed E-state index contributed by atoms with van der Waals surface area (Å²) >= 11 is 0. The van der Waals surface area contributed by atoms with Crippen molar-refractivity contribution in [3.05, 3.63) is 0 Å². The largest absolute Gasteiger partial charge is 0.466 e. The van der Waals surface area contributed by atoms with Gasteiger partial charge >= 0.3 is 5.97 Å². The molecule has 0 radical (unpaired) electrons. The highest BCUT2D eigenvalue weighted by Gasteiger charge is 2.19. The van der Waals surface area contributed by atoms with Crippen LogP contribution in [0.4, 0.5) is 0 Å². The highest BCUT2D eigenvalue weighted by molar-refractivity contribution is 5.88. The summed E-state index contributed by atoms with van der Waals surface area (Å²) in [6.45, 7) is 3.31. The van der Waals surface area contributed by atoms with Gasteiger partial charge in [0.25, 0.3) is 0 Å². The lowest BCUT2D eigenvalue weighted by atomic mass is 10.1. The van der Waals surface area contributed by atoms with Crippen LogP contribution in [0.3, 0.4) is 0 Å². The molecule has 0 fully saturated rings. The highest BCUT2D eigenvalue weighted by atomic mass is 16.5. The average Bonchev–Trinajstić information content (AvgIpc) is 2.31. The molecule has 7 nitrogen and oxygen atoms in total. The number of carbonyl (C=O) groups excluding carboxylic acids is 4. The molecule has 0 saturated carbocycles. The normalized spacial score (nSPS) is 11.5. The summed E-state index contributed by atoms with van der Waals surface area (Å²) in [5, 5.41) is 2.40. The van der Waals surface area contributed by atoms with Crippen LogP contribution < -0.4 is 11.1 Å². The number of esters is 1. The predicted molar refractivity (Wildman–Crippen MR) is 66.9 cm³/mol. The molecule has 0 rings (SSSR count). The van der Waals surface area contributed by atoms with Crippen LogP contribution in [0, 0.1) is 0 Å². The van der Waals surface area contributed by atoms with Crippen molar-refractivity contribution in [3.8, 4) is 0 Å². The first-order chi connectivity index (χ1) is 8.86. The van der Waals surface area contributed by atoms with E-state index in [2.05, 4.69) is 10.1 Å². The fourth-order valence-electron chi connectivity index (χ4n) is 1.35. The zero-order valence-electron chi connectivity index (χ0n) is 11.2. The molecule has 3 N–H and O–H groups in total. The Morgan fingerprint density at radius 2 is 1.79 bits per heavy atom. The van der Waals surface area contributed by atoms with Crippen LogP contribution in [0.1, 0.15) is 39.5 Å². The molecule has 0 aromatic heterocycles. The molecule has 0 aromatic carbocycles. The smallest absolute Gasteiger partial charge is 0.306 e. The Kier molecular flexibility index (Phi) is 8.15. The minimum atomic E-state index is -0.890. The van der Waals surface area contributed by atoms with Gasteiger partial charge in [-0.3, -0.25) is 14.4 Å². The summed E-state index contributed by atoms with van der Waals surface area (Å²) in [6, 6.07) is -0.890. The zero-order chi connectivity index (χ0) is 14.8. The van der Waals surface area contributed by atoms with Crippen molar-refractivity contribution in [2.24, 2.45) is 5.73 Å². The van der Waals surface area contributed by atoms with Gasteiger partial charge in [0, 0.05) is 12.8 Å². The highest BCUT2D eigenvalue weighted by Crippen LogP contribution is 2.00. The van der Waals surface area contributed by atoms with E-state index in [1.807, 2.05) is 0 Å². The van der Waals surface area contributed by atoms with Crippen molar-refractivity contribution < 1.29 is 23.9 Å². The molecular weight excluding hydrogens is 252 g/mol. The van der Waals surface area contributed by atoms with Crippen LogP contribution in [0.25, 0.3) is 0 Å². The van der Waals surface area contributed by atoms with E-state index in [9.17, 15) is 19.2 Å². The predicted octanol–water partition coefficient (Wildman–Crippen LogP) is -0.331. The Labute approximate surface area is 111 Å². The monoisotopic (exact) mass is 272 g/mol. The number of amides is 2. The lowest BCUT2D eigenvalue weighted by Gasteiger charge is -2.14. The number of primary amides is 1. The van der Waals surface area contributed by atoms with Crippen LogP contribution in [0.15, 0.2) is 0 Å². The number of ketones is 1. The van der Waals surface area contributed by atoms with Crippen molar-refractivity contribution in [2.75, 3.05) is 6.61 Å². The van der Waals surface area contributed by atoms with Gasteiger partial charge in [0.1, 0.15) is 11.8 Å². The Bertz CT molecular complexity index is 354. The van der Waals surface area contributed by atoms with Crippen LogP contribution in [-0.2, 0) is 23.9 Å². The third-order valence-electron chi connectivity index (χ3n) is 2.33. The van der Waals surface area contributed by atoms with E-state index >= 15 is 0 Å². The zero-order valence-corrected chi connectivity index (χ0v) is 11.2. The van der Waals surface area contributed by atoms with E-state index in [0.29, 0.717) is 0 Å². The Balaban J connectivity index is 4.13. The Morgan fingerprint density at radius 1 is 1.16 bits per heavy atom. The molecule has 0 aromatic rings. The number of carbonyl (C=O) groups is 4. The maximum absolute atomic E-state index is 11.5. The van der Waals surface area contributed by atoms with Crippen molar-refractivity contribution >= 4 is 23.6 Å². The molecule has 0 unspecified atom stereocenters. The molecule has 1 atom stereocenters. The summed E-state index contributed by atoms with van der Waals surface area (Å²) in [6.07, 6.45) is 0.183. The standard InChI is InChI=1S/C12H20N2O5/c1-3-19-11(17)7-6-10(16)14-9(12(13)18)5-4-8(2)15/h9H,3-7H2,1-2H3,(H2,13,18)(H,14,16)/t9-/m0/s1. The van der Waals surface area contributed by atoms with E-state index in [1.54, 1.807) is 6.92 Å². The second-order valence-electron chi connectivity index (χ2n) is 4.07. The quantitative estimate of drug-likeness (QED) is 0.557. The average molecular weight is 272 g/mol. The van der Waals surface area contributed by atoms with Crippen molar-refractivity contribution in [1.82, 2.24) is 5.32 Å². The third kappa shape index (κ3) is 8.76. The van der Waals surface area contributed by atoms with E-state index in [1.165, 1.54) is 6.92 Å². The van der Waals surface area contributed by atoms with E-state index in [-0.39, 0.29) is 38.1 Å². The second kappa shape index (κ2) is 9.07. The van der Waals surface area contributed by atoms with Crippen LogP contribution in [0.2, 0.25) is 0 Å². The van der Waals surface area contributed by atoms with Gasteiger partial charge in [-0.1, -0.05) is 0 Å². The molecule has 0 aliphatic carbocycles. The summed E-state index contributed by atoms with van der Waals surface area (Å²) in [4.78, 5) is 44.5. The topological polar surface area (TPSA) is 116 Å². The van der Waals surface area contributed by atoms with E-state index in [0.717, 1.165) is 0 Å². The molecule has 108 valence electrons. The molecule has 0 aliphatic rings. The van der Waals surface area contributed by atoms with Gasteiger partial charge in [-0.2, -0.15) is 0 Å². The van der Waals surface area contributed by atoms with Crippen LogP contribution >= 0.6 is 0 Å². The van der Waals surface area contributed by atoms with E-state index in [4.69, 9.17) is 5.73 Å². The molecule has 0 aliphatic heterocycles. The SMILES string of the molecule is CCOC(=O)CCC(=O)N[C@@H](CCC(C)=O)C(N)=O. The lowest BCUT2D eigenvalue weighted by Crippen LogP contribution is -2.44. The minimum absolute atomic E-state index is 0.0577. The Hall–Kier alpha value is -1.92. The summed E-state index contributed by atoms with van der Waals surface area (Å²) in [5.74, 6) is -1.74. The summed E-state index contributed by atoms with van der Waals surface area (Å²) in [5.41, 5.74) is 5.12. The first-order valence-corrected chi connectivity index (χ1v) is 6.10. The van der Waals surface area contributed by atoms with E-state index < -0.39 is 23.8 Å². The third-order valence-corrected chi connectivity index (χ3v) is 2.33. The number of rotatable bonds is 9. The molecule has 0 saturated heterocycles. The number of hydrogen-bond acceptors (Lipinski definition) is 5. The van der Waals surface area contributed by atoms with Crippen molar-refractivity contribution in [2.45, 2.75) is 45.6 Å². The van der Waals surface area contributed by atoms with Crippen molar-refractivity contribution in [1.29, 1.82) is 0 Å². The second-order valence-corrected chi connectivity index (χ2v) is 4.07. The number of hydrogen-bond donors (Lipinski definition) is 2. The molecule has 0 heterocycles. The van der Waals surface area contributed by atoms with Crippen LogP contribution in [0.5, 0.6) is 0 Å². The first-order valence-electron chi connectivity index (χ1n) is 6.10. The Morgan fingerprint density at radius 3 is 2.26 bits per heavy atom. The van der Waals surface area contributed by atoms with Gasteiger partial charge in [0.2, 0.25) is 11.8 Å². The fourth-order valence-corrected chi connectivity index (χ4v) is 1.35. The summed E-state index contributed by atoms with van der Waals surface area (Å²) in [7, 11) is 0. The lowest BCUT2D eigenvalue weighted by molar-refractivity contribution is -0.144. The van der Waals surface area contributed by atoms with Gasteiger partial charge in [-0.25, -0.2) is 0 Å². The number of nitrogens with two attached hydrogens (primary N) is 1. The number of nitrogens with one attached hydrogen (secondary N) is 1. The van der Waals surface area contributed by atoms with Crippen molar-refractivity contribution in [3.63, 3.8) is 0 Å². The fraction of sp³-hybridized carbons (Fsp3) is 0.667. The van der Waals surface area contributed by atoms with Gasteiger partial charge in [-0.15, -0.1) is 0 Å². The maximum Gasteiger partial charge on any atom is 0.306 e. The molecule has 0 spiro atoms.